The van der Waals surface area contributed by atoms with Crippen LogP contribution in [0.5, 0.6) is 11.5 Å². The molecule has 0 radical (unpaired) electrons. The van der Waals surface area contributed by atoms with Gasteiger partial charge in [-0.05, 0) is 82.2 Å². The zero-order valence-corrected chi connectivity index (χ0v) is 31.8. The van der Waals surface area contributed by atoms with Crippen molar-refractivity contribution in [2.75, 3.05) is 9.80 Å². The van der Waals surface area contributed by atoms with E-state index in [4.69, 9.17) is 8.85 Å². The largest absolute Gasteiger partial charge is 0.509 e. The maximum Gasteiger partial charge on any atom is 0.135 e. The number of nitrogens with zero attached hydrogens (tertiary/aromatic N) is 4. The van der Waals surface area contributed by atoms with Crippen molar-refractivity contribution in [1.29, 1.82) is 0 Å². The minimum Gasteiger partial charge on any atom is -0.509 e. The number of fused-ring (bicyclic) bond motifs is 4. The molecule has 1 aliphatic heterocycles. The van der Waals surface area contributed by atoms with E-state index in [1.54, 1.807) is 18.3 Å². The van der Waals surface area contributed by atoms with Crippen LogP contribution in [0.4, 0.5) is 22.7 Å². The van der Waals surface area contributed by atoms with Crippen molar-refractivity contribution < 1.29 is 29.9 Å². The molecule has 0 bridgehead atoms. The van der Waals surface area contributed by atoms with E-state index < -0.39 is 6.85 Å². The number of aryl methyl sites for hydroxylation is 1. The van der Waals surface area contributed by atoms with Crippen LogP contribution in [0.15, 0.2) is 115 Å². The number of para-hydroxylation sites is 2. The van der Waals surface area contributed by atoms with Crippen molar-refractivity contribution in [2.45, 2.75) is 59.2 Å². The van der Waals surface area contributed by atoms with Gasteiger partial charge in [0.2, 0.25) is 0 Å². The molecule has 0 fully saturated rings. The summed E-state index contributed by atoms with van der Waals surface area (Å²) in [5.41, 5.74) is 8.29. The first-order valence-corrected chi connectivity index (χ1v) is 17.0. The summed E-state index contributed by atoms with van der Waals surface area (Å²) < 4.78 is 32.7. The van der Waals surface area contributed by atoms with E-state index in [1.807, 2.05) is 41.0 Å². The third kappa shape index (κ3) is 6.45. The summed E-state index contributed by atoms with van der Waals surface area (Å²) in [6.45, 7) is 13.1. The van der Waals surface area contributed by atoms with Gasteiger partial charge in [0.05, 0.1) is 0 Å². The molecule has 0 atom stereocenters. The number of hydrogen-bond donors (Lipinski definition) is 0. The van der Waals surface area contributed by atoms with Crippen LogP contribution >= 0.6 is 0 Å². The number of rotatable bonds is 5. The third-order valence-electron chi connectivity index (χ3n) is 9.35. The molecule has 51 heavy (non-hydrogen) atoms. The minimum absolute atomic E-state index is 0. The Bertz CT molecular complexity index is 2510. The van der Waals surface area contributed by atoms with Crippen molar-refractivity contribution in [1.82, 2.24) is 9.55 Å². The number of aromatic nitrogens is 2. The standard InChI is InChI=1S/C45H41N4O.Pt/c1-30-22-23-46-43(24-30)49-41-26-32(45(5,6)7)18-20-37(41)38-21-19-36(28-42(38)49)50-35-15-11-14-34(27-35)48-29-47(39-16-8-9-17-40(39)48)33-13-10-12-31(25-33)44(2,3)4;/h8-26,29H,1-7H3;/q-3;/i1D3;. The Morgan fingerprint density at radius 1 is 0.686 bits per heavy atom. The fraction of sp³-hybridized carbons (Fsp3) is 0.200. The third-order valence-corrected chi connectivity index (χ3v) is 9.35. The SMILES string of the molecule is [2H]C([2H])([2H])c1ccnc(-n2c3[c-]c(Oc4[c-]c(N5[CH-]N(c6cccc(C(C)(C)C)c6)c6ccccc65)ccc4)ccc3c3ccc(C(C)(C)C)cc32)c1.[Pt]. The first-order chi connectivity index (χ1) is 25.1. The van der Waals surface area contributed by atoms with Gasteiger partial charge in [-0.1, -0.05) is 83.5 Å². The number of ether oxygens (including phenoxy) is 1. The van der Waals surface area contributed by atoms with Gasteiger partial charge in [-0.2, -0.15) is 12.1 Å². The van der Waals surface area contributed by atoms with E-state index in [2.05, 4.69) is 136 Å². The van der Waals surface area contributed by atoms with E-state index in [0.717, 1.165) is 50.1 Å². The quantitative estimate of drug-likeness (QED) is 0.162. The molecule has 2 aromatic heterocycles. The monoisotopic (exact) mass is 851 g/mol. The molecule has 0 amide bonds. The normalized spacial score (nSPS) is 14.2. The van der Waals surface area contributed by atoms with E-state index >= 15 is 0 Å². The minimum atomic E-state index is -2.27. The predicted molar refractivity (Wildman–Crippen MR) is 206 cm³/mol. The van der Waals surface area contributed by atoms with Crippen LogP contribution in [0.3, 0.4) is 0 Å². The van der Waals surface area contributed by atoms with Crippen molar-refractivity contribution in [3.8, 4) is 17.3 Å². The van der Waals surface area contributed by atoms with E-state index in [-0.39, 0.29) is 37.5 Å². The average Bonchev–Trinajstić information content (AvgIpc) is 3.66. The van der Waals surface area contributed by atoms with Crippen molar-refractivity contribution in [3.05, 3.63) is 151 Å². The second-order valence-electron chi connectivity index (χ2n) is 15.0. The van der Waals surface area contributed by atoms with Crippen LogP contribution < -0.4 is 14.5 Å². The topological polar surface area (TPSA) is 33.5 Å². The van der Waals surface area contributed by atoms with Gasteiger partial charge in [0.1, 0.15) is 5.82 Å². The van der Waals surface area contributed by atoms with Crippen molar-refractivity contribution >= 4 is 44.6 Å². The maximum atomic E-state index is 8.06. The number of pyridine rings is 1. The number of benzene rings is 5. The fourth-order valence-electron chi connectivity index (χ4n) is 6.61. The summed E-state index contributed by atoms with van der Waals surface area (Å²) in [5.74, 6) is 1.55. The molecule has 0 unspecified atom stereocenters. The Balaban J connectivity index is 0.00000450. The molecule has 0 N–H and O–H groups in total. The van der Waals surface area contributed by atoms with E-state index in [1.165, 1.54) is 5.56 Å². The Morgan fingerprint density at radius 3 is 2.16 bits per heavy atom. The Morgan fingerprint density at radius 2 is 1.39 bits per heavy atom. The van der Waals surface area contributed by atoms with Gasteiger partial charge in [0, 0.05) is 65.5 Å². The van der Waals surface area contributed by atoms with Gasteiger partial charge in [0.15, 0.2) is 0 Å². The number of anilines is 4. The van der Waals surface area contributed by atoms with Gasteiger partial charge in [0.25, 0.3) is 0 Å². The molecule has 1 aliphatic rings. The molecule has 5 aromatic carbocycles. The molecular formula is C45H41N4OPt-3. The maximum absolute atomic E-state index is 8.06. The number of hydrogen-bond acceptors (Lipinski definition) is 4. The summed E-state index contributed by atoms with van der Waals surface area (Å²) in [6.07, 6.45) is 1.55. The Labute approximate surface area is 320 Å². The smallest absolute Gasteiger partial charge is 0.135 e. The summed E-state index contributed by atoms with van der Waals surface area (Å²) in [6, 6.07) is 43.5. The van der Waals surface area contributed by atoms with Crippen LogP contribution in [0, 0.1) is 25.7 Å². The first kappa shape index (κ1) is 30.9. The van der Waals surface area contributed by atoms with Crippen molar-refractivity contribution in [3.63, 3.8) is 0 Å². The Kier molecular flexibility index (Phi) is 7.90. The van der Waals surface area contributed by atoms with E-state index in [9.17, 15) is 0 Å². The molecule has 260 valence electrons. The van der Waals surface area contributed by atoms with E-state index in [0.29, 0.717) is 17.3 Å². The summed E-state index contributed by atoms with van der Waals surface area (Å²) in [4.78, 5) is 9.00. The molecule has 0 aliphatic carbocycles. The van der Waals surface area contributed by atoms with Crippen LogP contribution in [-0.4, -0.2) is 9.55 Å². The summed E-state index contributed by atoms with van der Waals surface area (Å²) in [7, 11) is 0. The Hall–Kier alpha value is -4.86. The second-order valence-corrected chi connectivity index (χ2v) is 15.0. The predicted octanol–water partition coefficient (Wildman–Crippen LogP) is 11.9. The zero-order valence-electron chi connectivity index (χ0n) is 32.6. The molecular weight excluding hydrogens is 808 g/mol. The summed E-state index contributed by atoms with van der Waals surface area (Å²) in [5, 5.41) is 1.98. The molecule has 0 saturated heterocycles. The zero-order chi connectivity index (χ0) is 37.3. The van der Waals surface area contributed by atoms with Gasteiger partial charge < -0.3 is 19.1 Å². The van der Waals surface area contributed by atoms with Crippen LogP contribution in [0.1, 0.15) is 62.3 Å². The van der Waals surface area contributed by atoms with Gasteiger partial charge in [-0.3, -0.25) is 0 Å². The molecule has 3 heterocycles. The molecule has 0 saturated carbocycles. The second kappa shape index (κ2) is 13.0. The van der Waals surface area contributed by atoms with Gasteiger partial charge in [-0.15, -0.1) is 48.1 Å². The molecule has 8 rings (SSSR count). The van der Waals surface area contributed by atoms with Crippen molar-refractivity contribution in [2.24, 2.45) is 0 Å². The molecule has 5 nitrogen and oxygen atoms in total. The summed E-state index contributed by atoms with van der Waals surface area (Å²) >= 11 is 0. The van der Waals surface area contributed by atoms with Gasteiger partial charge in [-0.25, -0.2) is 4.98 Å². The van der Waals surface area contributed by atoms with Crippen LogP contribution in [0.2, 0.25) is 0 Å². The molecule has 6 heteroatoms. The first-order valence-electron chi connectivity index (χ1n) is 18.5. The van der Waals surface area contributed by atoms with Crippen LogP contribution in [0.25, 0.3) is 27.6 Å². The average molecular weight is 852 g/mol. The molecule has 0 spiro atoms. The molecule has 7 aromatic rings. The fourth-order valence-corrected chi connectivity index (χ4v) is 6.61. The van der Waals surface area contributed by atoms with Crippen LogP contribution in [-0.2, 0) is 31.9 Å². The van der Waals surface area contributed by atoms with Gasteiger partial charge >= 0.3 is 0 Å².